The molecule has 0 aliphatic heterocycles. The Morgan fingerprint density at radius 2 is 1.54 bits per heavy atom. The summed E-state index contributed by atoms with van der Waals surface area (Å²) >= 11 is 0. The largest absolute Gasteiger partial charge is 0.460 e. The number of aryl methyl sites for hydroxylation is 1. The van der Waals surface area contributed by atoms with Crippen molar-refractivity contribution in [2.45, 2.75) is 39.3 Å². The molecule has 0 saturated heterocycles. The predicted octanol–water partition coefficient (Wildman–Crippen LogP) is 3.98. The average Bonchev–Trinajstić information content (AvgIpc) is 2.61. The Kier molecular flexibility index (Phi) is 7.50. The van der Waals surface area contributed by atoms with E-state index in [1.165, 1.54) is 5.56 Å². The number of benzene rings is 2. The summed E-state index contributed by atoms with van der Waals surface area (Å²) in [5, 5.41) is 3.35. The molecule has 128 valence electrons. The first-order chi connectivity index (χ1) is 11.7. The zero-order valence-electron chi connectivity index (χ0n) is 14.6. The van der Waals surface area contributed by atoms with Crippen LogP contribution in [-0.4, -0.2) is 18.6 Å². The number of ether oxygens (including phenoxy) is 1. The SMILES string of the molecule is CC(C)[C@H](NCCCc1ccccc1)C(=O)OCc1ccccc1. The molecule has 0 amide bonds. The van der Waals surface area contributed by atoms with Gasteiger partial charge in [0.05, 0.1) is 0 Å². The molecule has 3 nitrogen and oxygen atoms in total. The molecule has 1 N–H and O–H groups in total. The highest BCUT2D eigenvalue weighted by molar-refractivity contribution is 5.76. The lowest BCUT2D eigenvalue weighted by Crippen LogP contribution is -2.42. The van der Waals surface area contributed by atoms with Crippen molar-refractivity contribution < 1.29 is 9.53 Å². The van der Waals surface area contributed by atoms with Crippen LogP contribution in [0.25, 0.3) is 0 Å². The van der Waals surface area contributed by atoms with Crippen molar-refractivity contribution in [2.24, 2.45) is 5.92 Å². The lowest BCUT2D eigenvalue weighted by Gasteiger charge is -2.21. The van der Waals surface area contributed by atoms with E-state index in [-0.39, 0.29) is 17.9 Å². The third kappa shape index (κ3) is 6.17. The maximum Gasteiger partial charge on any atom is 0.323 e. The quantitative estimate of drug-likeness (QED) is 0.560. The van der Waals surface area contributed by atoms with Gasteiger partial charge >= 0.3 is 5.97 Å². The van der Waals surface area contributed by atoms with Gasteiger partial charge in [0.25, 0.3) is 0 Å². The van der Waals surface area contributed by atoms with Crippen molar-refractivity contribution in [3.05, 3.63) is 71.8 Å². The van der Waals surface area contributed by atoms with Gasteiger partial charge < -0.3 is 10.1 Å². The van der Waals surface area contributed by atoms with E-state index < -0.39 is 0 Å². The molecule has 0 aromatic heterocycles. The smallest absolute Gasteiger partial charge is 0.323 e. The Hall–Kier alpha value is -2.13. The van der Waals surface area contributed by atoms with Gasteiger partial charge in [0, 0.05) is 0 Å². The first-order valence-electron chi connectivity index (χ1n) is 8.64. The summed E-state index contributed by atoms with van der Waals surface area (Å²) in [6, 6.07) is 19.9. The van der Waals surface area contributed by atoms with Gasteiger partial charge in [0.15, 0.2) is 0 Å². The van der Waals surface area contributed by atoms with Gasteiger partial charge in [0.2, 0.25) is 0 Å². The van der Waals surface area contributed by atoms with E-state index in [0.29, 0.717) is 6.61 Å². The maximum atomic E-state index is 12.3. The molecular formula is C21H27NO2. The minimum atomic E-state index is -0.260. The second kappa shape index (κ2) is 9.89. The average molecular weight is 325 g/mol. The molecule has 0 unspecified atom stereocenters. The van der Waals surface area contributed by atoms with Crippen LogP contribution in [0.4, 0.5) is 0 Å². The van der Waals surface area contributed by atoms with Gasteiger partial charge in [-0.3, -0.25) is 4.79 Å². The van der Waals surface area contributed by atoms with Crippen molar-refractivity contribution in [1.82, 2.24) is 5.32 Å². The van der Waals surface area contributed by atoms with E-state index in [4.69, 9.17) is 4.74 Å². The Balaban J connectivity index is 1.75. The van der Waals surface area contributed by atoms with Crippen molar-refractivity contribution in [1.29, 1.82) is 0 Å². The van der Waals surface area contributed by atoms with Crippen LogP contribution in [0.3, 0.4) is 0 Å². The van der Waals surface area contributed by atoms with Crippen molar-refractivity contribution in [3.8, 4) is 0 Å². The molecule has 0 aliphatic carbocycles. The van der Waals surface area contributed by atoms with Gasteiger partial charge in [0.1, 0.15) is 12.6 Å². The zero-order valence-corrected chi connectivity index (χ0v) is 14.6. The third-order valence-electron chi connectivity index (χ3n) is 3.99. The Bertz CT molecular complexity index is 596. The Morgan fingerprint density at radius 3 is 2.12 bits per heavy atom. The summed E-state index contributed by atoms with van der Waals surface area (Å²) in [6.45, 7) is 5.21. The molecule has 0 aliphatic rings. The minimum absolute atomic E-state index is 0.173. The standard InChI is InChI=1S/C21H27NO2/c1-17(2)20(21(23)24-16-19-12-7-4-8-13-19)22-15-9-14-18-10-5-3-6-11-18/h3-8,10-13,17,20,22H,9,14-16H2,1-2H3/t20-/m0/s1. The summed E-state index contributed by atoms with van der Waals surface area (Å²) in [5.41, 5.74) is 2.34. The van der Waals surface area contributed by atoms with Gasteiger partial charge in [-0.05, 0) is 36.4 Å². The second-order valence-corrected chi connectivity index (χ2v) is 6.36. The van der Waals surface area contributed by atoms with Crippen LogP contribution in [-0.2, 0) is 22.6 Å². The topological polar surface area (TPSA) is 38.3 Å². The molecular weight excluding hydrogens is 298 g/mol. The molecule has 2 rings (SSSR count). The van der Waals surface area contributed by atoms with Gasteiger partial charge in [-0.25, -0.2) is 0 Å². The summed E-state index contributed by atoms with van der Waals surface area (Å²) in [6.07, 6.45) is 2.01. The Morgan fingerprint density at radius 1 is 0.958 bits per heavy atom. The zero-order chi connectivity index (χ0) is 17.2. The molecule has 1 atom stereocenters. The number of nitrogens with one attached hydrogen (secondary N) is 1. The predicted molar refractivity (Wildman–Crippen MR) is 97.6 cm³/mol. The van der Waals surface area contributed by atoms with Crippen LogP contribution in [0.1, 0.15) is 31.4 Å². The highest BCUT2D eigenvalue weighted by Crippen LogP contribution is 2.08. The first-order valence-corrected chi connectivity index (χ1v) is 8.64. The number of carbonyl (C=O) groups is 1. The van der Waals surface area contributed by atoms with Crippen LogP contribution >= 0.6 is 0 Å². The normalized spacial score (nSPS) is 12.1. The van der Waals surface area contributed by atoms with E-state index in [1.807, 2.05) is 50.2 Å². The molecule has 24 heavy (non-hydrogen) atoms. The fourth-order valence-electron chi connectivity index (χ4n) is 2.60. The highest BCUT2D eigenvalue weighted by atomic mass is 16.5. The third-order valence-corrected chi connectivity index (χ3v) is 3.99. The first kappa shape index (κ1) is 18.2. The van der Waals surface area contributed by atoms with Crippen LogP contribution in [0.5, 0.6) is 0 Å². The fraction of sp³-hybridized carbons (Fsp3) is 0.381. The second-order valence-electron chi connectivity index (χ2n) is 6.36. The summed E-state index contributed by atoms with van der Waals surface area (Å²) in [5.74, 6) is 0.0264. The number of hydrogen-bond donors (Lipinski definition) is 1. The number of esters is 1. The number of carbonyl (C=O) groups excluding carboxylic acids is 1. The van der Waals surface area contributed by atoms with Crippen LogP contribution in [0, 0.1) is 5.92 Å². The molecule has 0 fully saturated rings. The molecule has 0 bridgehead atoms. The van der Waals surface area contributed by atoms with Crippen molar-refractivity contribution >= 4 is 5.97 Å². The number of hydrogen-bond acceptors (Lipinski definition) is 3. The van der Waals surface area contributed by atoms with E-state index in [0.717, 1.165) is 24.9 Å². The van der Waals surface area contributed by atoms with Crippen LogP contribution in [0.15, 0.2) is 60.7 Å². The molecule has 3 heteroatoms. The molecule has 0 spiro atoms. The van der Waals surface area contributed by atoms with Crippen molar-refractivity contribution in [3.63, 3.8) is 0 Å². The van der Waals surface area contributed by atoms with Crippen molar-refractivity contribution in [2.75, 3.05) is 6.54 Å². The monoisotopic (exact) mass is 325 g/mol. The van der Waals surface area contributed by atoms with E-state index in [2.05, 4.69) is 29.6 Å². The summed E-state index contributed by atoms with van der Waals surface area (Å²) in [4.78, 5) is 12.3. The van der Waals surface area contributed by atoms with E-state index >= 15 is 0 Å². The van der Waals surface area contributed by atoms with Gasteiger partial charge in [-0.15, -0.1) is 0 Å². The van der Waals surface area contributed by atoms with Gasteiger partial charge in [-0.2, -0.15) is 0 Å². The van der Waals surface area contributed by atoms with Crippen LogP contribution in [0.2, 0.25) is 0 Å². The highest BCUT2D eigenvalue weighted by Gasteiger charge is 2.22. The summed E-state index contributed by atoms with van der Waals surface area (Å²) in [7, 11) is 0. The van der Waals surface area contributed by atoms with Crippen LogP contribution < -0.4 is 5.32 Å². The lowest BCUT2D eigenvalue weighted by atomic mass is 10.0. The molecule has 0 saturated carbocycles. The summed E-state index contributed by atoms with van der Waals surface area (Å²) < 4.78 is 5.47. The lowest BCUT2D eigenvalue weighted by molar-refractivity contribution is -0.148. The van der Waals surface area contributed by atoms with Gasteiger partial charge in [-0.1, -0.05) is 74.5 Å². The molecule has 0 radical (unpaired) electrons. The molecule has 2 aromatic carbocycles. The maximum absolute atomic E-state index is 12.3. The van der Waals surface area contributed by atoms with E-state index in [1.54, 1.807) is 0 Å². The molecule has 2 aromatic rings. The fourth-order valence-corrected chi connectivity index (χ4v) is 2.60. The minimum Gasteiger partial charge on any atom is -0.460 e. The Labute approximate surface area is 145 Å². The number of rotatable bonds is 9. The van der Waals surface area contributed by atoms with E-state index in [9.17, 15) is 4.79 Å². The molecule has 0 heterocycles.